The van der Waals surface area contributed by atoms with Crippen molar-refractivity contribution in [1.29, 1.82) is 0 Å². The van der Waals surface area contributed by atoms with Crippen LogP contribution in [0.1, 0.15) is 27.7 Å². The van der Waals surface area contributed by atoms with Gasteiger partial charge in [0.05, 0.1) is 11.2 Å². The van der Waals surface area contributed by atoms with Gasteiger partial charge in [-0.1, -0.05) is 0 Å². The van der Waals surface area contributed by atoms with E-state index < -0.39 is 47.0 Å². The minimum Gasteiger partial charge on any atom is -0.503 e. The van der Waals surface area contributed by atoms with Crippen LogP contribution in [-0.2, 0) is 9.31 Å². The van der Waals surface area contributed by atoms with E-state index >= 15 is 0 Å². The molecular formula is C12H14BF3O3. The Bertz CT molecular complexity index is 515. The molecule has 7 heteroatoms. The maximum atomic E-state index is 13.7. The molecule has 0 aliphatic carbocycles. The molecule has 0 spiro atoms. The summed E-state index contributed by atoms with van der Waals surface area (Å²) in [6, 6.07) is 0.676. The molecular weight excluding hydrogens is 260 g/mol. The lowest BCUT2D eigenvalue weighted by Gasteiger charge is -2.32. The molecule has 3 nitrogen and oxygen atoms in total. The highest BCUT2D eigenvalue weighted by Crippen LogP contribution is 2.37. The molecule has 1 aliphatic heterocycles. The molecule has 1 saturated heterocycles. The molecule has 0 bridgehead atoms. The zero-order valence-corrected chi connectivity index (χ0v) is 11.1. The first-order chi connectivity index (χ1) is 8.57. The highest BCUT2D eigenvalue weighted by molar-refractivity contribution is 6.62. The molecule has 104 valence electrons. The Balaban J connectivity index is 2.46. The Morgan fingerprint density at radius 3 is 1.95 bits per heavy atom. The highest BCUT2D eigenvalue weighted by atomic mass is 19.2. The Morgan fingerprint density at radius 1 is 1.00 bits per heavy atom. The zero-order chi connectivity index (χ0) is 14.6. The number of hydrogen-bond donors (Lipinski definition) is 1. The Morgan fingerprint density at radius 2 is 1.47 bits per heavy atom. The highest BCUT2D eigenvalue weighted by Gasteiger charge is 2.53. The van der Waals surface area contributed by atoms with E-state index in [9.17, 15) is 13.2 Å². The number of aromatic hydroxyl groups is 1. The summed E-state index contributed by atoms with van der Waals surface area (Å²) in [6.45, 7) is 6.94. The third-order valence-corrected chi connectivity index (χ3v) is 3.67. The van der Waals surface area contributed by atoms with Crippen molar-refractivity contribution in [2.24, 2.45) is 0 Å². The first-order valence-corrected chi connectivity index (χ1v) is 5.79. The van der Waals surface area contributed by atoms with E-state index in [1.165, 1.54) is 0 Å². The molecule has 1 heterocycles. The van der Waals surface area contributed by atoms with Crippen LogP contribution in [0.15, 0.2) is 6.07 Å². The quantitative estimate of drug-likeness (QED) is 0.629. The number of phenolic OH excluding ortho intramolecular Hbond substituents is 1. The summed E-state index contributed by atoms with van der Waals surface area (Å²) >= 11 is 0. The van der Waals surface area contributed by atoms with Crippen LogP contribution < -0.4 is 5.46 Å². The van der Waals surface area contributed by atoms with Gasteiger partial charge in [-0.25, -0.2) is 8.78 Å². The van der Waals surface area contributed by atoms with Gasteiger partial charge < -0.3 is 14.4 Å². The molecule has 19 heavy (non-hydrogen) atoms. The molecule has 0 saturated carbocycles. The normalized spacial score (nSPS) is 20.9. The molecule has 0 unspecified atom stereocenters. The summed E-state index contributed by atoms with van der Waals surface area (Å²) in [5, 5.41) is 8.99. The summed E-state index contributed by atoms with van der Waals surface area (Å²) in [6.07, 6.45) is 0. The standard InChI is InChI=1S/C12H14BF3O3/c1-11(2)12(3,4)19-13(18-11)6-5-7(14)10(17)9(16)8(6)15/h5,17H,1-4H3. The van der Waals surface area contributed by atoms with E-state index in [1.807, 2.05) is 0 Å². The molecule has 1 fully saturated rings. The van der Waals surface area contributed by atoms with E-state index in [0.29, 0.717) is 6.07 Å². The van der Waals surface area contributed by atoms with Gasteiger partial charge in [0.25, 0.3) is 0 Å². The number of phenols is 1. The van der Waals surface area contributed by atoms with Crippen molar-refractivity contribution < 1.29 is 27.6 Å². The fraction of sp³-hybridized carbons (Fsp3) is 0.500. The van der Waals surface area contributed by atoms with Crippen molar-refractivity contribution in [2.45, 2.75) is 38.9 Å². The first-order valence-electron chi connectivity index (χ1n) is 5.79. The van der Waals surface area contributed by atoms with Crippen LogP contribution in [0.25, 0.3) is 0 Å². The fourth-order valence-electron chi connectivity index (χ4n) is 1.75. The lowest BCUT2D eigenvalue weighted by molar-refractivity contribution is 0.00578. The van der Waals surface area contributed by atoms with Crippen molar-refractivity contribution in [3.63, 3.8) is 0 Å². The van der Waals surface area contributed by atoms with E-state index in [-0.39, 0.29) is 0 Å². The molecule has 2 rings (SSSR count). The fourth-order valence-corrected chi connectivity index (χ4v) is 1.75. The molecule has 0 aromatic heterocycles. The van der Waals surface area contributed by atoms with Crippen molar-refractivity contribution in [3.05, 3.63) is 23.5 Å². The van der Waals surface area contributed by atoms with Crippen LogP contribution in [0.5, 0.6) is 5.75 Å². The Hall–Kier alpha value is -1.21. The van der Waals surface area contributed by atoms with Crippen molar-refractivity contribution in [1.82, 2.24) is 0 Å². The summed E-state index contributed by atoms with van der Waals surface area (Å²) in [7, 11) is -1.23. The van der Waals surface area contributed by atoms with Gasteiger partial charge in [-0.05, 0) is 33.8 Å². The van der Waals surface area contributed by atoms with E-state index in [1.54, 1.807) is 27.7 Å². The molecule has 0 amide bonds. The second-order valence-electron chi connectivity index (χ2n) is 5.51. The molecule has 0 radical (unpaired) electrons. The van der Waals surface area contributed by atoms with Gasteiger partial charge in [-0.3, -0.25) is 0 Å². The minimum absolute atomic E-state index is 0.411. The first kappa shape index (κ1) is 14.2. The summed E-state index contributed by atoms with van der Waals surface area (Å²) < 4.78 is 51.3. The molecule has 1 aromatic carbocycles. The second kappa shape index (κ2) is 4.14. The van der Waals surface area contributed by atoms with Gasteiger partial charge >= 0.3 is 7.12 Å². The molecule has 1 aliphatic rings. The van der Waals surface area contributed by atoms with Crippen LogP contribution in [0.3, 0.4) is 0 Å². The SMILES string of the molecule is CC1(C)OB(c2cc(F)c(O)c(F)c2F)OC1(C)C. The molecule has 1 N–H and O–H groups in total. The minimum atomic E-state index is -1.65. The summed E-state index contributed by atoms with van der Waals surface area (Å²) in [5.41, 5.74) is -1.92. The maximum absolute atomic E-state index is 13.7. The van der Waals surface area contributed by atoms with Gasteiger partial charge in [0.15, 0.2) is 17.4 Å². The second-order valence-corrected chi connectivity index (χ2v) is 5.51. The van der Waals surface area contributed by atoms with E-state index in [2.05, 4.69) is 0 Å². The van der Waals surface area contributed by atoms with Gasteiger partial charge in [0.1, 0.15) is 0 Å². The Kier molecular flexibility index (Phi) is 3.10. The van der Waals surface area contributed by atoms with Crippen LogP contribution >= 0.6 is 0 Å². The van der Waals surface area contributed by atoms with Gasteiger partial charge in [-0.15, -0.1) is 0 Å². The number of benzene rings is 1. The van der Waals surface area contributed by atoms with Gasteiger partial charge in [0.2, 0.25) is 5.82 Å². The average molecular weight is 274 g/mol. The Labute approximate surface area is 109 Å². The molecule has 1 aromatic rings. The zero-order valence-electron chi connectivity index (χ0n) is 11.1. The monoisotopic (exact) mass is 274 g/mol. The van der Waals surface area contributed by atoms with E-state index in [0.717, 1.165) is 0 Å². The molecule has 0 atom stereocenters. The smallest absolute Gasteiger partial charge is 0.498 e. The van der Waals surface area contributed by atoms with Crippen molar-refractivity contribution in [2.75, 3.05) is 0 Å². The van der Waals surface area contributed by atoms with Crippen LogP contribution in [-0.4, -0.2) is 23.4 Å². The van der Waals surface area contributed by atoms with E-state index in [4.69, 9.17) is 14.4 Å². The van der Waals surface area contributed by atoms with Crippen molar-refractivity contribution in [3.8, 4) is 5.75 Å². The topological polar surface area (TPSA) is 38.7 Å². The average Bonchev–Trinajstić information content (AvgIpc) is 2.50. The van der Waals surface area contributed by atoms with Crippen LogP contribution in [0.2, 0.25) is 0 Å². The number of rotatable bonds is 1. The van der Waals surface area contributed by atoms with Crippen LogP contribution in [0.4, 0.5) is 13.2 Å². The van der Waals surface area contributed by atoms with Gasteiger partial charge in [0, 0.05) is 5.46 Å². The summed E-state index contributed by atoms with van der Waals surface area (Å²) in [5.74, 6) is -5.64. The lowest BCUT2D eigenvalue weighted by atomic mass is 9.78. The lowest BCUT2D eigenvalue weighted by Crippen LogP contribution is -2.41. The third-order valence-electron chi connectivity index (χ3n) is 3.67. The predicted octanol–water partition coefficient (Wildman–Crippen LogP) is 2.11. The maximum Gasteiger partial charge on any atom is 0.498 e. The number of hydrogen-bond acceptors (Lipinski definition) is 3. The van der Waals surface area contributed by atoms with Crippen LogP contribution in [0, 0.1) is 17.5 Å². The third kappa shape index (κ3) is 2.10. The largest absolute Gasteiger partial charge is 0.503 e. The predicted molar refractivity (Wildman–Crippen MR) is 63.7 cm³/mol. The van der Waals surface area contributed by atoms with Crippen molar-refractivity contribution >= 4 is 12.6 Å². The van der Waals surface area contributed by atoms with Gasteiger partial charge in [-0.2, -0.15) is 4.39 Å². The summed E-state index contributed by atoms with van der Waals surface area (Å²) in [4.78, 5) is 0. The number of halogens is 3.